The molecular weight excluding hydrogens is 206 g/mol. The van der Waals surface area contributed by atoms with Gasteiger partial charge < -0.3 is 4.90 Å². The molecule has 2 aromatic carbocycles. The van der Waals surface area contributed by atoms with Crippen molar-refractivity contribution >= 4 is 10.8 Å². The Balaban J connectivity index is 2.28. The molecule has 1 heteroatoms. The molecule has 1 nitrogen and oxygen atoms in total. The van der Waals surface area contributed by atoms with Gasteiger partial charge in [-0.1, -0.05) is 36.4 Å². The van der Waals surface area contributed by atoms with Gasteiger partial charge in [0, 0.05) is 6.04 Å². The predicted molar refractivity (Wildman–Crippen MR) is 73.3 cm³/mol. The Hall–Kier alpha value is -1.34. The average Bonchev–Trinajstić information content (AvgIpc) is 2.37. The lowest BCUT2D eigenvalue weighted by molar-refractivity contribution is 0.270. The van der Waals surface area contributed by atoms with Gasteiger partial charge in [-0.15, -0.1) is 0 Å². The zero-order valence-electron chi connectivity index (χ0n) is 10.6. The number of aryl methyl sites for hydroxylation is 1. The fraction of sp³-hybridized carbons (Fsp3) is 0.375. The van der Waals surface area contributed by atoms with Crippen LogP contribution in [0.15, 0.2) is 36.4 Å². The molecule has 0 saturated carbocycles. The van der Waals surface area contributed by atoms with Crippen molar-refractivity contribution < 1.29 is 0 Å². The molecule has 88 valence electrons. The van der Waals surface area contributed by atoms with Crippen molar-refractivity contribution in [2.75, 3.05) is 14.1 Å². The molecule has 0 amide bonds. The minimum atomic E-state index is 0.588. The van der Waals surface area contributed by atoms with E-state index in [1.165, 1.54) is 30.0 Å². The van der Waals surface area contributed by atoms with E-state index >= 15 is 0 Å². The highest BCUT2D eigenvalue weighted by Crippen LogP contribution is 2.37. The molecule has 1 aliphatic carbocycles. The van der Waals surface area contributed by atoms with Crippen molar-refractivity contribution in [3.63, 3.8) is 0 Å². The predicted octanol–water partition coefficient (Wildman–Crippen LogP) is 3.78. The zero-order chi connectivity index (χ0) is 11.8. The van der Waals surface area contributed by atoms with Gasteiger partial charge >= 0.3 is 0 Å². The molecule has 0 heterocycles. The Morgan fingerprint density at radius 2 is 1.88 bits per heavy atom. The molecule has 1 atom stereocenters. The van der Waals surface area contributed by atoms with E-state index < -0.39 is 0 Å². The number of hydrogen-bond donors (Lipinski definition) is 0. The lowest BCUT2D eigenvalue weighted by atomic mass is 9.84. The summed E-state index contributed by atoms with van der Waals surface area (Å²) in [5, 5.41) is 2.82. The minimum absolute atomic E-state index is 0.588. The van der Waals surface area contributed by atoms with Crippen molar-refractivity contribution in [2.45, 2.75) is 25.3 Å². The molecule has 1 unspecified atom stereocenters. The van der Waals surface area contributed by atoms with Crippen molar-refractivity contribution in [3.8, 4) is 0 Å². The Bertz CT molecular complexity index is 542. The minimum Gasteiger partial charge on any atom is -0.302 e. The molecule has 2 aromatic rings. The van der Waals surface area contributed by atoms with Crippen LogP contribution in [0.3, 0.4) is 0 Å². The topological polar surface area (TPSA) is 3.24 Å². The van der Waals surface area contributed by atoms with E-state index in [9.17, 15) is 0 Å². The summed E-state index contributed by atoms with van der Waals surface area (Å²) < 4.78 is 0. The van der Waals surface area contributed by atoms with E-state index in [4.69, 9.17) is 0 Å². The number of nitrogens with zero attached hydrogens (tertiary/aromatic N) is 1. The molecule has 3 rings (SSSR count). The van der Waals surface area contributed by atoms with Crippen LogP contribution in [0, 0.1) is 0 Å². The lowest BCUT2D eigenvalue weighted by Gasteiger charge is -2.32. The number of hydrogen-bond acceptors (Lipinski definition) is 1. The first-order valence-electron chi connectivity index (χ1n) is 6.44. The van der Waals surface area contributed by atoms with Gasteiger partial charge in [-0.25, -0.2) is 0 Å². The van der Waals surface area contributed by atoms with Crippen LogP contribution in [0.4, 0.5) is 0 Å². The third-order valence-corrected chi connectivity index (χ3v) is 3.94. The molecule has 0 radical (unpaired) electrons. The van der Waals surface area contributed by atoms with Gasteiger partial charge in [0.2, 0.25) is 0 Å². The van der Waals surface area contributed by atoms with Gasteiger partial charge in [-0.2, -0.15) is 0 Å². The first-order valence-corrected chi connectivity index (χ1v) is 6.44. The normalized spacial score (nSPS) is 19.6. The smallest absolute Gasteiger partial charge is 0.0351 e. The van der Waals surface area contributed by atoms with Crippen LogP contribution in [0.2, 0.25) is 0 Å². The number of rotatable bonds is 1. The van der Waals surface area contributed by atoms with Crippen LogP contribution in [0.25, 0.3) is 10.8 Å². The Labute approximate surface area is 103 Å². The molecule has 0 aromatic heterocycles. The van der Waals surface area contributed by atoms with Crippen molar-refractivity contribution in [2.24, 2.45) is 0 Å². The Morgan fingerprint density at radius 1 is 1.06 bits per heavy atom. The summed E-state index contributed by atoms with van der Waals surface area (Å²) >= 11 is 0. The van der Waals surface area contributed by atoms with E-state index in [0.717, 1.165) is 0 Å². The molecule has 0 N–H and O–H groups in total. The van der Waals surface area contributed by atoms with Gasteiger partial charge in [0.25, 0.3) is 0 Å². The molecule has 17 heavy (non-hydrogen) atoms. The van der Waals surface area contributed by atoms with Crippen molar-refractivity contribution in [1.82, 2.24) is 4.90 Å². The number of benzene rings is 2. The average molecular weight is 225 g/mol. The van der Waals surface area contributed by atoms with Crippen LogP contribution in [-0.4, -0.2) is 19.0 Å². The monoisotopic (exact) mass is 225 g/mol. The second-order valence-electron chi connectivity index (χ2n) is 5.23. The van der Waals surface area contributed by atoms with E-state index in [0.29, 0.717) is 6.04 Å². The van der Waals surface area contributed by atoms with Crippen LogP contribution < -0.4 is 0 Å². The second kappa shape index (κ2) is 4.15. The zero-order valence-corrected chi connectivity index (χ0v) is 10.6. The summed E-state index contributed by atoms with van der Waals surface area (Å²) in [7, 11) is 4.39. The van der Waals surface area contributed by atoms with Crippen LogP contribution >= 0.6 is 0 Å². The maximum Gasteiger partial charge on any atom is 0.0351 e. The number of fused-ring (bicyclic) bond motifs is 3. The van der Waals surface area contributed by atoms with E-state index in [1.807, 2.05) is 0 Å². The van der Waals surface area contributed by atoms with Gasteiger partial charge in [0.15, 0.2) is 0 Å². The molecule has 0 fully saturated rings. The quantitative estimate of drug-likeness (QED) is 0.714. The van der Waals surface area contributed by atoms with Gasteiger partial charge in [0.05, 0.1) is 0 Å². The lowest BCUT2D eigenvalue weighted by Crippen LogP contribution is -2.24. The highest BCUT2D eigenvalue weighted by molar-refractivity contribution is 5.87. The molecule has 0 aliphatic heterocycles. The maximum absolute atomic E-state index is 2.37. The van der Waals surface area contributed by atoms with Crippen molar-refractivity contribution in [1.29, 1.82) is 0 Å². The molecular formula is C16H19N. The largest absolute Gasteiger partial charge is 0.302 e. The van der Waals surface area contributed by atoms with Crippen LogP contribution in [0.5, 0.6) is 0 Å². The highest BCUT2D eigenvalue weighted by atomic mass is 15.1. The fourth-order valence-corrected chi connectivity index (χ4v) is 3.10. The first kappa shape index (κ1) is 10.8. The van der Waals surface area contributed by atoms with E-state index in [1.54, 1.807) is 11.1 Å². The van der Waals surface area contributed by atoms with Gasteiger partial charge in [0.1, 0.15) is 0 Å². The fourth-order valence-electron chi connectivity index (χ4n) is 3.10. The standard InChI is InChI=1S/C16H19N/c1-17(2)15-9-5-7-13-11-10-12-6-3-4-8-14(12)16(13)15/h3-4,6,8,10-11,15H,5,7,9H2,1-2H3. The molecule has 0 bridgehead atoms. The molecule has 0 spiro atoms. The summed E-state index contributed by atoms with van der Waals surface area (Å²) in [6.07, 6.45) is 3.84. The summed E-state index contributed by atoms with van der Waals surface area (Å²) in [5.74, 6) is 0. The van der Waals surface area contributed by atoms with Gasteiger partial charge in [-0.05, 0) is 55.3 Å². The molecule has 1 aliphatic rings. The molecule has 0 saturated heterocycles. The maximum atomic E-state index is 2.37. The van der Waals surface area contributed by atoms with Crippen LogP contribution in [-0.2, 0) is 6.42 Å². The highest BCUT2D eigenvalue weighted by Gasteiger charge is 2.23. The third kappa shape index (κ3) is 1.75. The van der Waals surface area contributed by atoms with E-state index in [2.05, 4.69) is 55.4 Å². The summed E-state index contributed by atoms with van der Waals surface area (Å²) in [6.45, 7) is 0. The Kier molecular flexibility index (Phi) is 2.64. The van der Waals surface area contributed by atoms with E-state index in [-0.39, 0.29) is 0 Å². The second-order valence-corrected chi connectivity index (χ2v) is 5.23. The first-order chi connectivity index (χ1) is 8.27. The van der Waals surface area contributed by atoms with Gasteiger partial charge in [-0.3, -0.25) is 0 Å². The van der Waals surface area contributed by atoms with Crippen molar-refractivity contribution in [3.05, 3.63) is 47.5 Å². The Morgan fingerprint density at radius 3 is 2.71 bits per heavy atom. The summed E-state index contributed by atoms with van der Waals surface area (Å²) in [5.41, 5.74) is 3.12. The SMILES string of the molecule is CN(C)C1CCCc2ccc3ccccc3c21. The summed E-state index contributed by atoms with van der Waals surface area (Å²) in [6, 6.07) is 14.0. The summed E-state index contributed by atoms with van der Waals surface area (Å²) in [4.78, 5) is 2.37. The van der Waals surface area contributed by atoms with Crippen LogP contribution in [0.1, 0.15) is 30.0 Å². The third-order valence-electron chi connectivity index (χ3n) is 3.94.